The summed E-state index contributed by atoms with van der Waals surface area (Å²) in [5, 5.41) is 5.25. The third-order valence-corrected chi connectivity index (χ3v) is 14.1. The molecule has 69 heavy (non-hydrogen) atoms. The summed E-state index contributed by atoms with van der Waals surface area (Å²) in [5.74, 6) is 1.99. The Balaban J connectivity index is 0.000000250. The van der Waals surface area contributed by atoms with E-state index in [-0.39, 0.29) is 73.6 Å². The molecule has 0 saturated carbocycles. The molecule has 0 radical (unpaired) electrons. The summed E-state index contributed by atoms with van der Waals surface area (Å²) in [7, 11) is 6.06. The van der Waals surface area contributed by atoms with Gasteiger partial charge in [0, 0.05) is 85.1 Å². The van der Waals surface area contributed by atoms with Crippen LogP contribution in [0.25, 0.3) is 21.8 Å². The van der Waals surface area contributed by atoms with Gasteiger partial charge in [-0.05, 0) is 83.6 Å². The largest absolute Gasteiger partial charge is 0.425 e. The smallest absolute Gasteiger partial charge is 0.308 e. The molecule has 0 saturated heterocycles. The molecular formula is C53H74Cl2N8O6+2. The van der Waals surface area contributed by atoms with Gasteiger partial charge in [-0.25, -0.2) is 9.13 Å². The summed E-state index contributed by atoms with van der Waals surface area (Å²) in [4.78, 5) is 51.0. The number of nitrogens with two attached hydrogens (primary N) is 1. The summed E-state index contributed by atoms with van der Waals surface area (Å²) < 4.78 is 23.3. The molecule has 14 nitrogen and oxygen atoms in total. The van der Waals surface area contributed by atoms with E-state index in [1.807, 2.05) is 79.1 Å². The summed E-state index contributed by atoms with van der Waals surface area (Å²) in [5.41, 5.74) is 11.8. The Labute approximate surface area is 419 Å². The number of para-hydroxylation sites is 2. The molecule has 4 heterocycles. The fourth-order valence-corrected chi connectivity index (χ4v) is 10.0. The number of fused-ring (bicyclic) bond motifs is 6. The maximum Gasteiger partial charge on any atom is 0.308 e. The normalized spacial score (nSPS) is 15.2. The lowest BCUT2D eigenvalue weighted by Crippen LogP contribution is -2.38. The number of hydrogen-bond donors (Lipinski definition) is 2. The number of imidazole rings is 2. The number of carbonyl (C=O) groups is 4. The highest BCUT2D eigenvalue weighted by Gasteiger charge is 2.35. The number of esters is 2. The van der Waals surface area contributed by atoms with E-state index < -0.39 is 0 Å². The van der Waals surface area contributed by atoms with Crippen LogP contribution in [0.4, 0.5) is 0 Å². The Hall–Kier alpha value is -5.28. The Morgan fingerprint density at radius 3 is 1.51 bits per heavy atom. The van der Waals surface area contributed by atoms with Crippen LogP contribution in [-0.4, -0.2) is 61.9 Å². The molecule has 0 aliphatic heterocycles. The zero-order chi connectivity index (χ0) is 47.5. The van der Waals surface area contributed by atoms with Gasteiger partial charge in [0.1, 0.15) is 37.9 Å². The van der Waals surface area contributed by atoms with Crippen molar-refractivity contribution in [1.82, 2.24) is 23.6 Å². The van der Waals surface area contributed by atoms with Crippen LogP contribution in [0.5, 0.6) is 0 Å². The average molecular weight is 990 g/mol. The van der Waals surface area contributed by atoms with E-state index in [1.165, 1.54) is 0 Å². The third kappa shape index (κ3) is 12.9. The number of ketones is 2. The first-order valence-corrected chi connectivity index (χ1v) is 24.5. The predicted molar refractivity (Wildman–Crippen MR) is 273 cm³/mol. The Morgan fingerprint density at radius 1 is 0.652 bits per heavy atom. The number of aryl methyl sites for hydroxylation is 2. The van der Waals surface area contributed by atoms with Crippen molar-refractivity contribution < 1.29 is 37.8 Å². The van der Waals surface area contributed by atoms with Gasteiger partial charge < -0.3 is 29.7 Å². The molecule has 2 aromatic carbocycles. The number of hydrogen-bond acceptors (Lipinski definition) is 8. The Bertz CT molecular complexity index is 2680. The topological polar surface area (TPSA) is 152 Å². The van der Waals surface area contributed by atoms with Gasteiger partial charge in [0.2, 0.25) is 13.5 Å². The van der Waals surface area contributed by atoms with Gasteiger partial charge in [0.25, 0.3) is 11.6 Å². The number of rotatable bonds is 21. The molecule has 2 aliphatic rings. The number of nitrogens with one attached hydrogen (secondary N) is 1. The van der Waals surface area contributed by atoms with Crippen molar-refractivity contribution >= 4 is 70.1 Å². The lowest BCUT2D eigenvalue weighted by atomic mass is 9.85. The number of ether oxygens (including phenoxy) is 2. The Morgan fingerprint density at radius 2 is 1.07 bits per heavy atom. The lowest BCUT2D eigenvalue weighted by Gasteiger charge is -2.21. The molecule has 8 rings (SSSR count). The van der Waals surface area contributed by atoms with Crippen LogP contribution in [0.2, 0.25) is 0 Å². The van der Waals surface area contributed by atoms with Gasteiger partial charge in [-0.15, -0.1) is 24.8 Å². The molecule has 0 bridgehead atoms. The number of Topliss-reactive ketones (excluding diaryl/α,β-unsaturated/α-hetero) is 2. The van der Waals surface area contributed by atoms with E-state index in [0.717, 1.165) is 140 Å². The minimum atomic E-state index is -0.173. The number of nitrogens with zero attached hydrogens (tertiary/aromatic N) is 6. The summed E-state index contributed by atoms with van der Waals surface area (Å²) in [6.45, 7) is 7.41. The zero-order valence-corrected chi connectivity index (χ0v) is 42.9. The molecule has 2 atom stereocenters. The number of carbonyl (C=O) groups excluding carboxylic acids is 4. The van der Waals surface area contributed by atoms with Gasteiger partial charge in [0.05, 0.1) is 11.8 Å². The van der Waals surface area contributed by atoms with Gasteiger partial charge in [-0.1, -0.05) is 62.1 Å². The first kappa shape index (κ1) is 54.7. The predicted octanol–water partition coefficient (Wildman–Crippen LogP) is 7.97. The van der Waals surface area contributed by atoms with E-state index in [1.54, 1.807) is 0 Å². The number of aromatic nitrogens is 6. The highest BCUT2D eigenvalue weighted by atomic mass is 35.5. The molecule has 0 fully saturated rings. The van der Waals surface area contributed by atoms with E-state index in [0.29, 0.717) is 32.5 Å². The van der Waals surface area contributed by atoms with E-state index in [2.05, 4.69) is 61.9 Å². The van der Waals surface area contributed by atoms with E-state index in [4.69, 9.17) is 15.2 Å². The zero-order valence-electron chi connectivity index (χ0n) is 41.3. The van der Waals surface area contributed by atoms with Crippen molar-refractivity contribution in [3.05, 3.63) is 107 Å². The number of halogens is 2. The SMILES string of the molecule is CNCCCCCCC(=O)OC[n+]1ccn(CC2CCc3c(c4ccccc4n3C)C2=O)c1C.Cc1n(CC2CCc3c(c4ccccc4n3C)C2=O)cc[n+]1COC(=O)CCCCCCN.Cl.Cl. The molecule has 16 heteroatoms. The average Bonchev–Trinajstić information content (AvgIpc) is 4.05. The van der Waals surface area contributed by atoms with Crippen LogP contribution in [-0.2, 0) is 72.6 Å². The fraction of sp³-hybridized carbons (Fsp3) is 0.509. The second-order valence-electron chi connectivity index (χ2n) is 18.4. The van der Waals surface area contributed by atoms with Crippen molar-refractivity contribution in [2.75, 3.05) is 20.1 Å². The van der Waals surface area contributed by atoms with Crippen molar-refractivity contribution in [2.45, 2.75) is 130 Å². The lowest BCUT2D eigenvalue weighted by molar-refractivity contribution is -0.732. The molecule has 6 aromatic rings. The van der Waals surface area contributed by atoms with Crippen LogP contribution in [0.15, 0.2) is 73.3 Å². The molecule has 2 aliphatic carbocycles. The van der Waals surface area contributed by atoms with Crippen LogP contribution in [0.3, 0.4) is 0 Å². The van der Waals surface area contributed by atoms with Gasteiger partial charge in [-0.2, -0.15) is 9.13 Å². The van der Waals surface area contributed by atoms with Crippen LogP contribution in [0.1, 0.15) is 121 Å². The molecule has 0 spiro atoms. The van der Waals surface area contributed by atoms with Gasteiger partial charge in [0.15, 0.2) is 11.6 Å². The van der Waals surface area contributed by atoms with E-state index >= 15 is 0 Å². The second-order valence-corrected chi connectivity index (χ2v) is 18.4. The maximum atomic E-state index is 13.5. The van der Waals surface area contributed by atoms with Crippen molar-refractivity contribution in [3.63, 3.8) is 0 Å². The van der Waals surface area contributed by atoms with Crippen molar-refractivity contribution in [2.24, 2.45) is 31.7 Å². The monoisotopic (exact) mass is 989 g/mol. The van der Waals surface area contributed by atoms with E-state index in [9.17, 15) is 19.2 Å². The quantitative estimate of drug-likeness (QED) is 0.0419. The highest BCUT2D eigenvalue weighted by Crippen LogP contribution is 2.36. The number of benzene rings is 2. The van der Waals surface area contributed by atoms with Gasteiger partial charge >= 0.3 is 11.9 Å². The highest BCUT2D eigenvalue weighted by molar-refractivity contribution is 6.12. The summed E-state index contributed by atoms with van der Waals surface area (Å²) in [6.07, 6.45) is 20.3. The molecule has 374 valence electrons. The minimum absolute atomic E-state index is 0. The molecule has 4 aromatic heterocycles. The van der Waals surface area contributed by atoms with Crippen molar-refractivity contribution in [1.29, 1.82) is 0 Å². The van der Waals surface area contributed by atoms with Crippen LogP contribution >= 0.6 is 24.8 Å². The van der Waals surface area contributed by atoms with Crippen molar-refractivity contribution in [3.8, 4) is 0 Å². The fourth-order valence-electron chi connectivity index (χ4n) is 10.0. The molecule has 0 amide bonds. The van der Waals surface area contributed by atoms with Crippen LogP contribution < -0.4 is 20.2 Å². The molecule has 2 unspecified atom stereocenters. The number of unbranched alkanes of at least 4 members (excludes halogenated alkanes) is 6. The Kier molecular flexibility index (Phi) is 20.7. The first-order chi connectivity index (χ1) is 32.5. The molecular weight excluding hydrogens is 916 g/mol. The minimum Gasteiger partial charge on any atom is -0.425 e. The molecule has 3 N–H and O–H groups in total. The third-order valence-electron chi connectivity index (χ3n) is 14.1. The summed E-state index contributed by atoms with van der Waals surface area (Å²) >= 11 is 0. The van der Waals surface area contributed by atoms with Gasteiger partial charge in [-0.3, -0.25) is 19.2 Å². The maximum absolute atomic E-state index is 13.5. The second kappa shape index (κ2) is 26.1. The van der Waals surface area contributed by atoms with Crippen LogP contribution in [0, 0.1) is 25.7 Å². The standard InChI is InChI=1S/C27H37N4O3.C26H35N4O3.2ClH/c1-20-30(16-17-31(20)19-34-25(32)12-6-4-5-9-15-28-2)18-21-13-14-24-26(27(21)33)22-10-7-8-11-23(22)29(24)3;1-19-29(15-16-30(19)18-33-24(31)11-5-3-4-8-14-27)17-20-12-13-23-25(26(20)32)21-9-6-7-10-22(21)28(23)2;;/h7-8,10-11,16-17,21,28H,4-6,9,12-15,18-19H2,1-3H3;6-7,9-10,15-16,20H,3-5,8,11-14,17-18,27H2,1-2H3;2*1H/q2*+1;;. The summed E-state index contributed by atoms with van der Waals surface area (Å²) in [6, 6.07) is 16.3. The first-order valence-electron chi connectivity index (χ1n) is 24.5.